The smallest absolute Gasteiger partial charge is 0.323 e. The molecule has 0 amide bonds. The molecule has 3 saturated heterocycles. The molecule has 6 heteroatoms. The third-order valence-electron chi connectivity index (χ3n) is 4.75. The van der Waals surface area contributed by atoms with Crippen molar-refractivity contribution in [2.45, 2.75) is 46.1 Å². The van der Waals surface area contributed by atoms with Crippen molar-refractivity contribution in [3.63, 3.8) is 0 Å². The third kappa shape index (κ3) is 3.02. The fourth-order valence-electron chi connectivity index (χ4n) is 3.39. The van der Waals surface area contributed by atoms with Crippen LogP contribution in [0.15, 0.2) is 0 Å². The Bertz CT molecular complexity index is 435. The first-order valence-corrected chi connectivity index (χ1v) is 8.06. The minimum Gasteiger partial charge on any atom is -0.465 e. The second-order valence-electron chi connectivity index (χ2n) is 6.21. The predicted octanol–water partition coefficient (Wildman–Crippen LogP) is 1.17. The minimum absolute atomic E-state index is 0.0728. The molecule has 0 saturated carbocycles. The fraction of sp³-hybridized carbons (Fsp3) is 0.812. The minimum atomic E-state index is -1.43. The first-order chi connectivity index (χ1) is 10.4. The van der Waals surface area contributed by atoms with Crippen LogP contribution in [0.4, 0.5) is 0 Å². The first-order valence-electron chi connectivity index (χ1n) is 8.06. The number of rotatable bonds is 6. The predicted molar refractivity (Wildman–Crippen MR) is 79.1 cm³/mol. The highest BCUT2D eigenvalue weighted by atomic mass is 16.6. The summed E-state index contributed by atoms with van der Waals surface area (Å²) >= 11 is 0. The van der Waals surface area contributed by atoms with Crippen LogP contribution in [0.2, 0.25) is 0 Å². The molecule has 0 radical (unpaired) electrons. The Morgan fingerprint density at radius 2 is 1.64 bits per heavy atom. The average Bonchev–Trinajstić information content (AvgIpc) is 2.51. The summed E-state index contributed by atoms with van der Waals surface area (Å²) < 4.78 is 10.1. The molecule has 1 unspecified atom stereocenters. The molecular formula is C16H25NO5. The van der Waals surface area contributed by atoms with E-state index < -0.39 is 17.4 Å². The molecule has 1 atom stereocenters. The summed E-state index contributed by atoms with van der Waals surface area (Å²) in [5.74, 6) is -0.992. The number of nitrogens with zero attached hydrogens (tertiary/aromatic N) is 1. The van der Waals surface area contributed by atoms with Gasteiger partial charge in [0.05, 0.1) is 19.3 Å². The van der Waals surface area contributed by atoms with Gasteiger partial charge in [-0.1, -0.05) is 0 Å². The van der Waals surface area contributed by atoms with Gasteiger partial charge in [-0.3, -0.25) is 19.3 Å². The maximum absolute atomic E-state index is 12.5. The van der Waals surface area contributed by atoms with Crippen molar-refractivity contribution < 1.29 is 23.9 Å². The van der Waals surface area contributed by atoms with Crippen molar-refractivity contribution in [1.82, 2.24) is 4.90 Å². The Morgan fingerprint density at radius 3 is 2.05 bits per heavy atom. The van der Waals surface area contributed by atoms with Crippen LogP contribution in [0.1, 0.15) is 40.0 Å². The van der Waals surface area contributed by atoms with E-state index in [9.17, 15) is 14.4 Å². The molecule has 0 aromatic heterocycles. The first kappa shape index (κ1) is 16.9. The van der Waals surface area contributed by atoms with E-state index >= 15 is 0 Å². The maximum Gasteiger partial charge on any atom is 0.323 e. The van der Waals surface area contributed by atoms with E-state index in [1.165, 1.54) is 6.92 Å². The van der Waals surface area contributed by atoms with E-state index in [1.54, 1.807) is 13.8 Å². The number of ketones is 1. The lowest BCUT2D eigenvalue weighted by Crippen LogP contribution is -2.58. The van der Waals surface area contributed by atoms with Crippen LogP contribution < -0.4 is 0 Å². The molecule has 3 aliphatic heterocycles. The normalized spacial score (nSPS) is 27.6. The van der Waals surface area contributed by atoms with Gasteiger partial charge in [-0.25, -0.2) is 0 Å². The van der Waals surface area contributed by atoms with Gasteiger partial charge in [0, 0.05) is 5.92 Å². The Kier molecular flexibility index (Phi) is 5.21. The van der Waals surface area contributed by atoms with E-state index in [1.807, 2.05) is 0 Å². The molecule has 0 aromatic carbocycles. The monoisotopic (exact) mass is 311 g/mol. The lowest BCUT2D eigenvalue weighted by molar-refractivity contribution is -0.173. The Hall–Kier alpha value is -1.43. The van der Waals surface area contributed by atoms with Crippen molar-refractivity contribution in [3.05, 3.63) is 0 Å². The van der Waals surface area contributed by atoms with Gasteiger partial charge in [-0.2, -0.15) is 0 Å². The number of fused-ring (bicyclic) bond motifs is 3. The van der Waals surface area contributed by atoms with Gasteiger partial charge in [0.2, 0.25) is 0 Å². The van der Waals surface area contributed by atoms with E-state index in [0.717, 1.165) is 25.9 Å². The van der Waals surface area contributed by atoms with Crippen LogP contribution in [0.25, 0.3) is 0 Å². The van der Waals surface area contributed by atoms with Crippen LogP contribution in [-0.4, -0.2) is 55.0 Å². The van der Waals surface area contributed by atoms with Crippen LogP contribution in [0.5, 0.6) is 0 Å². The van der Waals surface area contributed by atoms with Crippen molar-refractivity contribution in [2.24, 2.45) is 11.3 Å². The van der Waals surface area contributed by atoms with E-state index in [2.05, 4.69) is 4.90 Å². The fourth-order valence-corrected chi connectivity index (χ4v) is 3.39. The van der Waals surface area contributed by atoms with Crippen molar-refractivity contribution in [2.75, 3.05) is 26.3 Å². The van der Waals surface area contributed by atoms with Crippen LogP contribution >= 0.6 is 0 Å². The number of piperidine rings is 3. The zero-order valence-electron chi connectivity index (χ0n) is 13.6. The van der Waals surface area contributed by atoms with Crippen molar-refractivity contribution in [3.8, 4) is 0 Å². The molecule has 3 fully saturated rings. The summed E-state index contributed by atoms with van der Waals surface area (Å²) in [6.45, 7) is 7.00. The van der Waals surface area contributed by atoms with Gasteiger partial charge >= 0.3 is 11.9 Å². The molecule has 22 heavy (non-hydrogen) atoms. The number of hydrogen-bond acceptors (Lipinski definition) is 6. The summed E-state index contributed by atoms with van der Waals surface area (Å²) in [6, 6.07) is -0.383. The van der Waals surface area contributed by atoms with Crippen LogP contribution in [0.3, 0.4) is 0 Å². The van der Waals surface area contributed by atoms with Gasteiger partial charge in [-0.05, 0) is 53.1 Å². The summed E-state index contributed by atoms with van der Waals surface area (Å²) in [5, 5.41) is 0. The highest BCUT2D eigenvalue weighted by molar-refractivity contribution is 6.00. The molecular weight excluding hydrogens is 286 g/mol. The zero-order chi connectivity index (χ0) is 16.3. The van der Waals surface area contributed by atoms with Crippen LogP contribution in [-0.2, 0) is 23.9 Å². The largest absolute Gasteiger partial charge is 0.465 e. The van der Waals surface area contributed by atoms with Crippen LogP contribution in [0, 0.1) is 11.3 Å². The summed E-state index contributed by atoms with van der Waals surface area (Å²) in [7, 11) is 0. The van der Waals surface area contributed by atoms with Gasteiger partial charge in [0.25, 0.3) is 0 Å². The van der Waals surface area contributed by atoms with Gasteiger partial charge in [0.1, 0.15) is 0 Å². The van der Waals surface area contributed by atoms with E-state index in [4.69, 9.17) is 9.47 Å². The highest BCUT2D eigenvalue weighted by Crippen LogP contribution is 2.36. The second kappa shape index (κ2) is 6.77. The van der Waals surface area contributed by atoms with Gasteiger partial charge < -0.3 is 9.47 Å². The van der Waals surface area contributed by atoms with Crippen molar-refractivity contribution in [1.29, 1.82) is 0 Å². The lowest BCUT2D eigenvalue weighted by Gasteiger charge is -2.45. The molecule has 3 aliphatic rings. The average molecular weight is 311 g/mol. The number of carbonyl (C=O) groups excluding carboxylic acids is 3. The Morgan fingerprint density at radius 1 is 1.14 bits per heavy atom. The molecule has 0 aliphatic carbocycles. The van der Waals surface area contributed by atoms with Crippen molar-refractivity contribution >= 4 is 17.7 Å². The molecule has 124 valence electrons. The SMILES string of the molecule is CCOC(=O)C(C)(CC1C(=O)C2CCN1CC2)C(=O)OCC. The molecule has 0 N–H and O–H groups in total. The van der Waals surface area contributed by atoms with E-state index in [0.29, 0.717) is 0 Å². The molecule has 6 nitrogen and oxygen atoms in total. The molecule has 3 rings (SSSR count). The van der Waals surface area contributed by atoms with E-state index in [-0.39, 0.29) is 37.4 Å². The number of ether oxygens (including phenoxy) is 2. The maximum atomic E-state index is 12.5. The molecule has 0 spiro atoms. The third-order valence-corrected chi connectivity index (χ3v) is 4.75. The number of esters is 2. The zero-order valence-corrected chi connectivity index (χ0v) is 13.6. The Labute approximate surface area is 131 Å². The number of Topliss-reactive ketones (excluding diaryl/α,β-unsaturated/α-hetero) is 1. The highest BCUT2D eigenvalue weighted by Gasteiger charge is 2.51. The number of hydrogen-bond donors (Lipinski definition) is 0. The summed E-state index contributed by atoms with van der Waals surface area (Å²) in [4.78, 5) is 39.2. The quantitative estimate of drug-likeness (QED) is 0.541. The summed E-state index contributed by atoms with van der Waals surface area (Å²) in [5.41, 5.74) is -1.43. The molecule has 2 bridgehead atoms. The lowest BCUT2D eigenvalue weighted by atomic mass is 9.74. The van der Waals surface area contributed by atoms with Gasteiger partial charge in [0.15, 0.2) is 11.2 Å². The second-order valence-corrected chi connectivity index (χ2v) is 6.21. The summed E-state index contributed by atoms with van der Waals surface area (Å²) in [6.07, 6.45) is 1.90. The Balaban J connectivity index is 2.20. The topological polar surface area (TPSA) is 72.9 Å². The van der Waals surface area contributed by atoms with Gasteiger partial charge in [-0.15, -0.1) is 0 Å². The number of carbonyl (C=O) groups is 3. The molecule has 0 aromatic rings. The molecule has 3 heterocycles. The standard InChI is InChI=1S/C16H25NO5/c1-4-21-14(19)16(3,15(20)22-5-2)10-12-13(18)11-6-8-17(12)9-7-11/h11-12H,4-10H2,1-3H3.